The van der Waals surface area contributed by atoms with Crippen LogP contribution >= 0.6 is 0 Å². The third kappa shape index (κ3) is 2.30. The van der Waals surface area contributed by atoms with Gasteiger partial charge in [-0.15, -0.1) is 0 Å². The molecule has 2 heterocycles. The monoisotopic (exact) mass is 257 g/mol. The molecule has 0 unspecified atom stereocenters. The minimum atomic E-state index is 0.159. The molecule has 1 aromatic rings. The zero-order chi connectivity index (χ0) is 13.2. The second-order valence-electron chi connectivity index (χ2n) is 5.37. The minimum absolute atomic E-state index is 0.159. The van der Waals surface area contributed by atoms with E-state index in [1.54, 1.807) is 7.11 Å². The Balaban J connectivity index is 1.90. The van der Waals surface area contributed by atoms with Gasteiger partial charge in [0.15, 0.2) is 0 Å². The van der Waals surface area contributed by atoms with Crippen LogP contribution < -0.4 is 0 Å². The molecule has 2 aliphatic rings. The number of rotatable bonds is 2. The lowest BCUT2D eigenvalue weighted by Crippen LogP contribution is -2.46. The number of piperidine rings is 1. The summed E-state index contributed by atoms with van der Waals surface area (Å²) >= 11 is 0. The number of fused-ring (bicyclic) bond motifs is 2. The molecular formula is C16H19NO2. The summed E-state index contributed by atoms with van der Waals surface area (Å²) in [6.07, 6.45) is 6.43. The highest BCUT2D eigenvalue weighted by Crippen LogP contribution is 2.29. The molecule has 19 heavy (non-hydrogen) atoms. The summed E-state index contributed by atoms with van der Waals surface area (Å²) in [4.78, 5) is 14.7. The van der Waals surface area contributed by atoms with Crippen LogP contribution in [-0.2, 0) is 4.74 Å². The predicted molar refractivity (Wildman–Crippen MR) is 74.9 cm³/mol. The van der Waals surface area contributed by atoms with Crippen LogP contribution in [-0.4, -0.2) is 37.1 Å². The molecule has 0 radical (unpaired) electrons. The van der Waals surface area contributed by atoms with E-state index in [1.165, 1.54) is 0 Å². The number of hydrogen-bond acceptors (Lipinski definition) is 2. The molecule has 3 heteroatoms. The molecule has 2 aliphatic heterocycles. The third-order valence-electron chi connectivity index (χ3n) is 4.08. The lowest BCUT2D eigenvalue weighted by Gasteiger charge is -2.37. The van der Waals surface area contributed by atoms with Crippen LogP contribution in [0.3, 0.4) is 0 Å². The molecule has 1 amide bonds. The van der Waals surface area contributed by atoms with Gasteiger partial charge in [-0.25, -0.2) is 0 Å². The van der Waals surface area contributed by atoms with Gasteiger partial charge in [0.05, 0.1) is 12.6 Å². The summed E-state index contributed by atoms with van der Waals surface area (Å²) in [6.45, 7) is 1.54. The Morgan fingerprint density at radius 2 is 2.16 bits per heavy atom. The van der Waals surface area contributed by atoms with Crippen molar-refractivity contribution >= 4 is 12.0 Å². The molecule has 1 fully saturated rings. The van der Waals surface area contributed by atoms with Gasteiger partial charge >= 0.3 is 0 Å². The number of carbonyl (C=O) groups excluding carboxylic acids is 1. The molecule has 0 aliphatic carbocycles. The lowest BCUT2D eigenvalue weighted by molar-refractivity contribution is 0.0479. The van der Waals surface area contributed by atoms with Gasteiger partial charge in [0.25, 0.3) is 5.91 Å². The summed E-state index contributed by atoms with van der Waals surface area (Å²) in [6, 6.07) is 8.09. The number of nitrogens with zero attached hydrogens (tertiary/aromatic N) is 1. The maximum atomic E-state index is 12.7. The van der Waals surface area contributed by atoms with E-state index in [9.17, 15) is 4.79 Å². The highest BCUT2D eigenvalue weighted by atomic mass is 16.5. The van der Waals surface area contributed by atoms with Crippen LogP contribution in [0, 0.1) is 5.92 Å². The first-order valence-electron chi connectivity index (χ1n) is 6.86. The van der Waals surface area contributed by atoms with Gasteiger partial charge in [-0.2, -0.15) is 0 Å². The van der Waals surface area contributed by atoms with Gasteiger partial charge in [0, 0.05) is 19.2 Å². The second kappa shape index (κ2) is 5.17. The van der Waals surface area contributed by atoms with E-state index in [1.807, 2.05) is 29.2 Å². The summed E-state index contributed by atoms with van der Waals surface area (Å²) < 4.78 is 5.24. The zero-order valence-electron chi connectivity index (χ0n) is 11.2. The lowest BCUT2D eigenvalue weighted by atomic mass is 9.93. The van der Waals surface area contributed by atoms with Crippen molar-refractivity contribution in [2.75, 3.05) is 20.3 Å². The van der Waals surface area contributed by atoms with Crippen molar-refractivity contribution in [2.45, 2.75) is 18.9 Å². The van der Waals surface area contributed by atoms with E-state index in [4.69, 9.17) is 4.74 Å². The molecule has 3 nitrogen and oxygen atoms in total. The van der Waals surface area contributed by atoms with Crippen LogP contribution in [0.1, 0.15) is 28.8 Å². The van der Waals surface area contributed by atoms with E-state index in [0.29, 0.717) is 5.92 Å². The maximum absolute atomic E-state index is 12.7. The van der Waals surface area contributed by atoms with Crippen LogP contribution in [0.4, 0.5) is 0 Å². The highest BCUT2D eigenvalue weighted by molar-refractivity contribution is 5.99. The summed E-state index contributed by atoms with van der Waals surface area (Å²) in [5.74, 6) is 0.621. The topological polar surface area (TPSA) is 29.5 Å². The smallest absolute Gasteiger partial charge is 0.254 e. The van der Waals surface area contributed by atoms with E-state index >= 15 is 0 Å². The molecular weight excluding hydrogens is 238 g/mol. The van der Waals surface area contributed by atoms with Crippen LogP contribution in [0.15, 0.2) is 30.3 Å². The Kier molecular flexibility index (Phi) is 3.38. The standard InChI is InChI=1S/C16H19NO2/c1-19-11-12-6-8-14-9-7-13-4-2-3-5-15(13)16(18)17(14)10-12/h2-5,7,9,12,14H,6,8,10-11H2,1H3/t12-,14-/m0/s1. The SMILES string of the molecule is COC[C@H]1CC[C@H]2C=Cc3ccccc3C(=O)N2C1. The number of carbonyl (C=O) groups is 1. The molecule has 1 aromatic carbocycles. The van der Waals surface area contributed by atoms with E-state index < -0.39 is 0 Å². The van der Waals surface area contributed by atoms with Gasteiger partial charge in [-0.05, 0) is 30.4 Å². The predicted octanol–water partition coefficient (Wildman–Crippen LogP) is 2.58. The van der Waals surface area contributed by atoms with Crippen molar-refractivity contribution < 1.29 is 9.53 Å². The number of benzene rings is 1. The van der Waals surface area contributed by atoms with Crippen molar-refractivity contribution in [3.8, 4) is 0 Å². The van der Waals surface area contributed by atoms with Crippen LogP contribution in [0.2, 0.25) is 0 Å². The molecule has 0 N–H and O–H groups in total. The van der Waals surface area contributed by atoms with Crippen LogP contribution in [0.25, 0.3) is 6.08 Å². The van der Waals surface area contributed by atoms with Crippen molar-refractivity contribution in [1.29, 1.82) is 0 Å². The van der Waals surface area contributed by atoms with Crippen molar-refractivity contribution in [1.82, 2.24) is 4.90 Å². The Labute approximate surface area is 113 Å². The van der Waals surface area contributed by atoms with E-state index in [-0.39, 0.29) is 11.9 Å². The van der Waals surface area contributed by atoms with Gasteiger partial charge in [-0.1, -0.05) is 30.4 Å². The number of amides is 1. The Morgan fingerprint density at radius 3 is 3.00 bits per heavy atom. The molecule has 100 valence electrons. The third-order valence-corrected chi connectivity index (χ3v) is 4.08. The average Bonchev–Trinajstić information content (AvgIpc) is 2.58. The van der Waals surface area contributed by atoms with E-state index in [2.05, 4.69) is 12.2 Å². The normalized spacial score (nSPS) is 25.7. The molecule has 0 saturated carbocycles. The first kappa shape index (κ1) is 12.4. The molecule has 0 spiro atoms. The average molecular weight is 257 g/mol. The molecule has 1 saturated heterocycles. The minimum Gasteiger partial charge on any atom is -0.384 e. The number of ether oxygens (including phenoxy) is 1. The largest absolute Gasteiger partial charge is 0.384 e. The zero-order valence-corrected chi connectivity index (χ0v) is 11.2. The number of methoxy groups -OCH3 is 1. The summed E-state index contributed by atoms with van der Waals surface area (Å²) in [7, 11) is 1.73. The first-order chi connectivity index (χ1) is 9.29. The van der Waals surface area contributed by atoms with Crippen LogP contribution in [0.5, 0.6) is 0 Å². The highest BCUT2D eigenvalue weighted by Gasteiger charge is 2.32. The van der Waals surface area contributed by atoms with Crippen molar-refractivity contribution in [2.24, 2.45) is 5.92 Å². The second-order valence-corrected chi connectivity index (χ2v) is 5.37. The Morgan fingerprint density at radius 1 is 1.32 bits per heavy atom. The summed E-state index contributed by atoms with van der Waals surface area (Å²) in [5.41, 5.74) is 1.85. The van der Waals surface area contributed by atoms with Gasteiger partial charge in [-0.3, -0.25) is 4.79 Å². The fourth-order valence-corrected chi connectivity index (χ4v) is 3.08. The molecule has 0 aromatic heterocycles. The molecule has 2 atom stereocenters. The van der Waals surface area contributed by atoms with Gasteiger partial charge in [0.2, 0.25) is 0 Å². The maximum Gasteiger partial charge on any atom is 0.254 e. The summed E-state index contributed by atoms with van der Waals surface area (Å²) in [5, 5.41) is 0. The fraction of sp³-hybridized carbons (Fsp3) is 0.438. The Hall–Kier alpha value is -1.61. The Bertz CT molecular complexity index is 509. The van der Waals surface area contributed by atoms with Crippen molar-refractivity contribution in [3.05, 3.63) is 41.5 Å². The molecule has 3 rings (SSSR count). The van der Waals surface area contributed by atoms with Gasteiger partial charge < -0.3 is 9.64 Å². The van der Waals surface area contributed by atoms with E-state index in [0.717, 1.165) is 37.1 Å². The number of hydrogen-bond donors (Lipinski definition) is 0. The first-order valence-corrected chi connectivity index (χ1v) is 6.86. The quantitative estimate of drug-likeness (QED) is 0.815. The van der Waals surface area contributed by atoms with Crippen molar-refractivity contribution in [3.63, 3.8) is 0 Å². The fourth-order valence-electron chi connectivity index (χ4n) is 3.08. The van der Waals surface area contributed by atoms with Gasteiger partial charge in [0.1, 0.15) is 0 Å². The molecule has 0 bridgehead atoms.